The van der Waals surface area contributed by atoms with E-state index in [9.17, 15) is 4.79 Å². The van der Waals surface area contributed by atoms with Crippen molar-refractivity contribution < 1.29 is 14.1 Å². The highest BCUT2D eigenvalue weighted by atomic mass is 16.5. The van der Waals surface area contributed by atoms with E-state index in [1.165, 1.54) is 12.8 Å². The van der Waals surface area contributed by atoms with Crippen LogP contribution < -0.4 is 10.6 Å². The summed E-state index contributed by atoms with van der Waals surface area (Å²) in [5.41, 5.74) is 5.00. The molecular formula is C25H26N6O3. The number of ether oxygens (including phenoxy) is 1. The van der Waals surface area contributed by atoms with Gasteiger partial charge in [0, 0.05) is 31.1 Å². The van der Waals surface area contributed by atoms with Crippen LogP contribution >= 0.6 is 0 Å². The number of hydrogen-bond acceptors (Lipinski definition) is 7. The average molecular weight is 459 g/mol. The first kappa shape index (κ1) is 21.0. The molecule has 1 aromatic carbocycles. The van der Waals surface area contributed by atoms with Gasteiger partial charge in [-0.25, -0.2) is 4.98 Å². The molecule has 1 saturated heterocycles. The Morgan fingerprint density at radius 1 is 1.32 bits per heavy atom. The summed E-state index contributed by atoms with van der Waals surface area (Å²) in [4.78, 5) is 22.1. The van der Waals surface area contributed by atoms with Crippen LogP contribution in [0.3, 0.4) is 0 Å². The van der Waals surface area contributed by atoms with Crippen LogP contribution in [-0.4, -0.2) is 39.1 Å². The number of benzene rings is 1. The number of nitrogens with one attached hydrogen (secondary N) is 2. The molecule has 2 N–H and O–H groups in total. The molecule has 1 saturated carbocycles. The highest BCUT2D eigenvalue weighted by Crippen LogP contribution is 2.54. The number of pyridine rings is 1. The van der Waals surface area contributed by atoms with E-state index >= 15 is 0 Å². The molecule has 4 heterocycles. The number of imidazole rings is 1. The summed E-state index contributed by atoms with van der Waals surface area (Å²) in [7, 11) is 1.65. The Morgan fingerprint density at radius 3 is 3.00 bits per heavy atom. The Labute approximate surface area is 196 Å². The molecule has 4 aromatic rings. The number of fused-ring (bicyclic) bond motifs is 1. The summed E-state index contributed by atoms with van der Waals surface area (Å²) in [5, 5.41) is 10.7. The maximum absolute atomic E-state index is 13.1. The molecular weight excluding hydrogens is 432 g/mol. The topological polar surface area (TPSA) is 107 Å². The zero-order chi connectivity index (χ0) is 23.3. The van der Waals surface area contributed by atoms with Crippen LogP contribution in [0.4, 0.5) is 5.69 Å². The second-order valence-corrected chi connectivity index (χ2v) is 9.42. The van der Waals surface area contributed by atoms with Gasteiger partial charge in [0.2, 0.25) is 11.7 Å². The van der Waals surface area contributed by atoms with Crippen LogP contribution in [0.5, 0.6) is 0 Å². The Kier molecular flexibility index (Phi) is 4.96. The first-order valence-electron chi connectivity index (χ1n) is 11.5. The minimum absolute atomic E-state index is 0.118. The van der Waals surface area contributed by atoms with E-state index in [1.54, 1.807) is 17.7 Å². The van der Waals surface area contributed by atoms with Gasteiger partial charge < -0.3 is 19.9 Å². The molecule has 1 aliphatic carbocycles. The SMILES string of the molecule is COCc1ccn2c(C(=O)Nc3cc(-c4noc([C@@H]5CC6(CC6)CN5)n4)ccc3C)cnc2c1. The van der Waals surface area contributed by atoms with Crippen molar-refractivity contribution in [1.82, 2.24) is 24.8 Å². The van der Waals surface area contributed by atoms with Crippen molar-refractivity contribution in [1.29, 1.82) is 0 Å². The molecule has 6 rings (SSSR count). The lowest BCUT2D eigenvalue weighted by atomic mass is 10.0. The molecule has 174 valence electrons. The van der Waals surface area contributed by atoms with E-state index in [-0.39, 0.29) is 11.9 Å². The number of aryl methyl sites for hydroxylation is 1. The third-order valence-electron chi connectivity index (χ3n) is 6.92. The third kappa shape index (κ3) is 3.76. The van der Waals surface area contributed by atoms with E-state index in [2.05, 4.69) is 25.8 Å². The normalized spacial score (nSPS) is 18.6. The second kappa shape index (κ2) is 8.03. The van der Waals surface area contributed by atoms with Crippen LogP contribution in [0.2, 0.25) is 0 Å². The molecule has 2 aliphatic rings. The van der Waals surface area contributed by atoms with Crippen LogP contribution in [0.15, 0.2) is 47.2 Å². The summed E-state index contributed by atoms with van der Waals surface area (Å²) >= 11 is 0. The maximum Gasteiger partial charge on any atom is 0.274 e. The van der Waals surface area contributed by atoms with Gasteiger partial charge in [-0.2, -0.15) is 4.98 Å². The minimum atomic E-state index is -0.245. The molecule has 1 atom stereocenters. The molecule has 2 fully saturated rings. The fraction of sp³-hybridized carbons (Fsp3) is 0.360. The smallest absolute Gasteiger partial charge is 0.274 e. The lowest BCUT2D eigenvalue weighted by Crippen LogP contribution is -2.15. The summed E-state index contributed by atoms with van der Waals surface area (Å²) in [6.07, 6.45) is 7.01. The fourth-order valence-electron chi connectivity index (χ4n) is 4.67. The summed E-state index contributed by atoms with van der Waals surface area (Å²) < 4.78 is 12.5. The zero-order valence-electron chi connectivity index (χ0n) is 19.2. The third-order valence-corrected chi connectivity index (χ3v) is 6.92. The van der Waals surface area contributed by atoms with Crippen LogP contribution in [-0.2, 0) is 11.3 Å². The minimum Gasteiger partial charge on any atom is -0.380 e. The van der Waals surface area contributed by atoms with Gasteiger partial charge in [-0.05, 0) is 60.9 Å². The van der Waals surface area contributed by atoms with Crippen molar-refractivity contribution in [2.45, 2.75) is 38.8 Å². The van der Waals surface area contributed by atoms with Gasteiger partial charge >= 0.3 is 0 Å². The summed E-state index contributed by atoms with van der Waals surface area (Å²) in [5.74, 6) is 0.902. The molecule has 9 heteroatoms. The summed E-state index contributed by atoms with van der Waals surface area (Å²) in [6, 6.07) is 9.71. The van der Waals surface area contributed by atoms with Gasteiger partial charge in [0.15, 0.2) is 0 Å². The Bertz CT molecular complexity index is 1390. The van der Waals surface area contributed by atoms with Crippen molar-refractivity contribution in [3.8, 4) is 11.4 Å². The molecule has 0 radical (unpaired) electrons. The zero-order valence-corrected chi connectivity index (χ0v) is 19.2. The van der Waals surface area contributed by atoms with E-state index in [0.717, 1.165) is 29.7 Å². The number of amides is 1. The summed E-state index contributed by atoms with van der Waals surface area (Å²) in [6.45, 7) is 3.46. The highest BCUT2D eigenvalue weighted by Gasteiger charge is 2.49. The van der Waals surface area contributed by atoms with Crippen molar-refractivity contribution in [2.24, 2.45) is 5.41 Å². The lowest BCUT2D eigenvalue weighted by molar-refractivity contribution is 0.102. The second-order valence-electron chi connectivity index (χ2n) is 9.42. The van der Waals surface area contributed by atoms with Crippen LogP contribution in [0.25, 0.3) is 17.0 Å². The number of nitrogens with zero attached hydrogens (tertiary/aromatic N) is 4. The molecule has 9 nitrogen and oxygen atoms in total. The maximum atomic E-state index is 13.1. The highest BCUT2D eigenvalue weighted by molar-refractivity contribution is 6.04. The number of anilines is 1. The van der Waals surface area contributed by atoms with E-state index in [0.29, 0.717) is 40.8 Å². The fourth-order valence-corrected chi connectivity index (χ4v) is 4.67. The predicted molar refractivity (Wildman–Crippen MR) is 125 cm³/mol. The Hall–Kier alpha value is -3.56. The number of carbonyl (C=O) groups excluding carboxylic acids is 1. The quantitative estimate of drug-likeness (QED) is 0.451. The van der Waals surface area contributed by atoms with Gasteiger partial charge in [0.05, 0.1) is 18.8 Å². The van der Waals surface area contributed by atoms with Crippen molar-refractivity contribution in [3.63, 3.8) is 0 Å². The first-order valence-corrected chi connectivity index (χ1v) is 11.5. The number of hydrogen-bond donors (Lipinski definition) is 2. The van der Waals surface area contributed by atoms with Crippen LogP contribution in [0.1, 0.15) is 52.8 Å². The van der Waals surface area contributed by atoms with Crippen LogP contribution in [0, 0.1) is 12.3 Å². The molecule has 0 bridgehead atoms. The molecule has 1 spiro atoms. The standard InChI is InChI=1S/C25H26N6O3/c1-15-3-4-17(22-29-24(34-30-22)19-11-25(6-7-25)14-27-19)10-18(15)28-23(32)20-12-26-21-9-16(13-33-2)5-8-31(20)21/h3-5,8-10,12,19,27H,6-7,11,13-14H2,1-2H3,(H,28,32)/t19-/m0/s1. The van der Waals surface area contributed by atoms with Gasteiger partial charge in [-0.3, -0.25) is 9.20 Å². The van der Waals surface area contributed by atoms with E-state index in [4.69, 9.17) is 9.26 Å². The van der Waals surface area contributed by atoms with Gasteiger partial charge in [-0.15, -0.1) is 0 Å². The number of methoxy groups -OCH3 is 1. The first-order chi connectivity index (χ1) is 16.5. The average Bonchev–Trinajstić information content (AvgIpc) is 3.19. The molecule has 3 aromatic heterocycles. The van der Waals surface area contributed by atoms with Gasteiger partial charge in [0.1, 0.15) is 11.3 Å². The predicted octanol–water partition coefficient (Wildman–Crippen LogP) is 3.91. The Balaban J connectivity index is 1.22. The molecule has 1 aliphatic heterocycles. The number of aromatic nitrogens is 4. The Morgan fingerprint density at radius 2 is 2.21 bits per heavy atom. The van der Waals surface area contributed by atoms with E-state index < -0.39 is 0 Å². The van der Waals surface area contributed by atoms with Crippen molar-refractivity contribution in [2.75, 3.05) is 19.0 Å². The van der Waals surface area contributed by atoms with E-state index in [1.807, 2.05) is 43.5 Å². The molecule has 34 heavy (non-hydrogen) atoms. The molecule has 0 unspecified atom stereocenters. The number of carbonyl (C=O) groups is 1. The van der Waals surface area contributed by atoms with Crippen molar-refractivity contribution in [3.05, 3.63) is 65.4 Å². The number of rotatable bonds is 6. The van der Waals surface area contributed by atoms with Gasteiger partial charge in [-0.1, -0.05) is 17.3 Å². The van der Waals surface area contributed by atoms with Gasteiger partial charge in [0.25, 0.3) is 5.91 Å². The monoisotopic (exact) mass is 458 g/mol. The lowest BCUT2D eigenvalue weighted by Gasteiger charge is -2.10. The largest absolute Gasteiger partial charge is 0.380 e. The molecule has 1 amide bonds. The van der Waals surface area contributed by atoms with Crippen molar-refractivity contribution >= 4 is 17.2 Å².